The molecule has 0 radical (unpaired) electrons. The number of carbonyl (C=O) groups excluding carboxylic acids is 1. The third kappa shape index (κ3) is 2.55. The quantitative estimate of drug-likeness (QED) is 0.856. The molecule has 0 saturated carbocycles. The summed E-state index contributed by atoms with van der Waals surface area (Å²) in [7, 11) is 0. The first-order chi connectivity index (χ1) is 10.2. The molecule has 0 fully saturated rings. The first-order valence-corrected chi connectivity index (χ1v) is 6.13. The molecule has 3 N–H and O–H groups in total. The van der Waals surface area contributed by atoms with Crippen molar-refractivity contribution in [2.24, 2.45) is 5.73 Å². The second kappa shape index (κ2) is 5.42. The van der Waals surface area contributed by atoms with Crippen molar-refractivity contribution in [3.8, 4) is 0 Å². The monoisotopic (exact) mass is 313 g/mol. The summed E-state index contributed by atoms with van der Waals surface area (Å²) in [5.74, 6) is -3.03. The lowest BCUT2D eigenvalue weighted by atomic mass is 9.82. The molecule has 0 aliphatic heterocycles. The Bertz CT molecular complexity index is 700. The number of hydrogen-bond acceptors (Lipinski definition) is 2. The second-order valence-corrected chi connectivity index (χ2v) is 4.60. The van der Waals surface area contributed by atoms with Crippen LogP contribution in [0.15, 0.2) is 48.5 Å². The van der Waals surface area contributed by atoms with Crippen LogP contribution >= 0.6 is 0 Å². The van der Waals surface area contributed by atoms with Gasteiger partial charge < -0.3 is 10.8 Å². The van der Waals surface area contributed by atoms with Crippen molar-refractivity contribution >= 4 is 5.91 Å². The van der Waals surface area contributed by atoms with E-state index >= 15 is 0 Å². The summed E-state index contributed by atoms with van der Waals surface area (Å²) in [6, 6.07) is 9.22. The second-order valence-electron chi connectivity index (χ2n) is 4.60. The van der Waals surface area contributed by atoms with Crippen LogP contribution in [0.4, 0.5) is 17.6 Å². The van der Waals surface area contributed by atoms with Crippen LogP contribution in [-0.2, 0) is 16.6 Å². The number of primary amides is 1. The summed E-state index contributed by atoms with van der Waals surface area (Å²) in [6.45, 7) is 0. The zero-order valence-corrected chi connectivity index (χ0v) is 11.1. The van der Waals surface area contributed by atoms with Crippen LogP contribution in [0.1, 0.15) is 16.7 Å². The predicted molar refractivity (Wildman–Crippen MR) is 70.0 cm³/mol. The first-order valence-electron chi connectivity index (χ1n) is 6.13. The van der Waals surface area contributed by atoms with Gasteiger partial charge in [0.05, 0.1) is 5.56 Å². The number of rotatable bonds is 3. The van der Waals surface area contributed by atoms with E-state index in [1.54, 1.807) is 6.07 Å². The molecule has 2 aromatic carbocycles. The number of aliphatic hydroxyl groups is 1. The number of hydrogen-bond donors (Lipinski definition) is 2. The van der Waals surface area contributed by atoms with E-state index in [9.17, 15) is 27.5 Å². The molecule has 0 spiro atoms. The number of nitrogens with two attached hydrogens (primary N) is 1. The van der Waals surface area contributed by atoms with Gasteiger partial charge in [-0.2, -0.15) is 13.2 Å². The summed E-state index contributed by atoms with van der Waals surface area (Å²) in [5, 5.41) is 10.6. The van der Waals surface area contributed by atoms with E-state index in [0.29, 0.717) is 6.07 Å². The average Bonchev–Trinajstić information content (AvgIpc) is 2.45. The van der Waals surface area contributed by atoms with Gasteiger partial charge in [-0.25, -0.2) is 4.39 Å². The summed E-state index contributed by atoms with van der Waals surface area (Å²) in [4.78, 5) is 11.7. The van der Waals surface area contributed by atoms with E-state index in [1.807, 2.05) is 0 Å². The maximum Gasteiger partial charge on any atom is 0.419 e. The molecular weight excluding hydrogens is 302 g/mol. The van der Waals surface area contributed by atoms with Crippen LogP contribution < -0.4 is 5.73 Å². The van der Waals surface area contributed by atoms with Crippen LogP contribution in [0.25, 0.3) is 0 Å². The van der Waals surface area contributed by atoms with E-state index in [0.717, 1.165) is 12.1 Å². The Morgan fingerprint density at radius 2 is 1.59 bits per heavy atom. The van der Waals surface area contributed by atoms with Gasteiger partial charge in [-0.1, -0.05) is 42.5 Å². The summed E-state index contributed by atoms with van der Waals surface area (Å²) < 4.78 is 53.0. The van der Waals surface area contributed by atoms with Gasteiger partial charge in [0, 0.05) is 5.56 Å². The first kappa shape index (κ1) is 16.0. The molecule has 116 valence electrons. The van der Waals surface area contributed by atoms with Crippen LogP contribution in [0.5, 0.6) is 0 Å². The van der Waals surface area contributed by atoms with E-state index in [2.05, 4.69) is 0 Å². The molecule has 0 aromatic heterocycles. The molecule has 0 aliphatic rings. The fourth-order valence-corrected chi connectivity index (χ4v) is 2.22. The van der Waals surface area contributed by atoms with Crippen molar-refractivity contribution in [2.75, 3.05) is 0 Å². The van der Waals surface area contributed by atoms with Crippen molar-refractivity contribution in [3.63, 3.8) is 0 Å². The molecule has 2 aromatic rings. The summed E-state index contributed by atoms with van der Waals surface area (Å²) in [5.41, 5.74) is -0.528. The van der Waals surface area contributed by atoms with E-state index in [4.69, 9.17) is 5.73 Å². The fourth-order valence-electron chi connectivity index (χ4n) is 2.22. The molecule has 0 heterocycles. The van der Waals surface area contributed by atoms with Crippen molar-refractivity contribution in [1.29, 1.82) is 0 Å². The number of benzene rings is 2. The van der Waals surface area contributed by atoms with E-state index in [1.165, 1.54) is 24.3 Å². The highest BCUT2D eigenvalue weighted by atomic mass is 19.4. The highest BCUT2D eigenvalue weighted by Crippen LogP contribution is 2.40. The molecule has 1 amide bonds. The predicted octanol–water partition coefficient (Wildman–Crippen LogP) is 2.57. The van der Waals surface area contributed by atoms with Crippen LogP contribution in [0.2, 0.25) is 0 Å². The third-order valence-corrected chi connectivity index (χ3v) is 3.24. The van der Waals surface area contributed by atoms with Crippen molar-refractivity contribution < 1.29 is 27.5 Å². The topological polar surface area (TPSA) is 63.3 Å². The summed E-state index contributed by atoms with van der Waals surface area (Å²) in [6.07, 6.45) is -5.10. The van der Waals surface area contributed by atoms with Crippen LogP contribution in [0.3, 0.4) is 0 Å². The molecule has 7 heteroatoms. The molecule has 3 nitrogen and oxygen atoms in total. The minimum atomic E-state index is -5.10. The standard InChI is InChI=1S/C15H11F4NO2/c16-11-8-4-7-10(12(11)15(17,18)19)14(22,13(20)21)9-5-2-1-3-6-9/h1-8,22H,(H2,20,21). The minimum absolute atomic E-state index is 0.182. The Hall–Kier alpha value is -2.41. The van der Waals surface area contributed by atoms with Gasteiger partial charge in [0.1, 0.15) is 5.82 Å². The van der Waals surface area contributed by atoms with E-state index in [-0.39, 0.29) is 5.56 Å². The van der Waals surface area contributed by atoms with Crippen LogP contribution in [-0.4, -0.2) is 11.0 Å². The fraction of sp³-hybridized carbons (Fsp3) is 0.133. The normalized spacial score (nSPS) is 14.4. The zero-order chi connectivity index (χ0) is 16.5. The van der Waals surface area contributed by atoms with Gasteiger partial charge in [-0.05, 0) is 11.6 Å². The maximum atomic E-state index is 13.7. The van der Waals surface area contributed by atoms with Gasteiger partial charge >= 0.3 is 6.18 Å². The highest BCUT2D eigenvalue weighted by molar-refractivity contribution is 5.89. The average molecular weight is 313 g/mol. The van der Waals surface area contributed by atoms with Gasteiger partial charge in [-0.15, -0.1) is 0 Å². The Kier molecular flexibility index (Phi) is 3.93. The Balaban J connectivity index is 2.82. The summed E-state index contributed by atoms with van der Waals surface area (Å²) >= 11 is 0. The third-order valence-electron chi connectivity index (χ3n) is 3.24. The lowest BCUT2D eigenvalue weighted by Gasteiger charge is -2.28. The van der Waals surface area contributed by atoms with Crippen LogP contribution in [0, 0.1) is 5.82 Å². The number of amides is 1. The zero-order valence-electron chi connectivity index (χ0n) is 11.1. The van der Waals surface area contributed by atoms with E-state index < -0.39 is 34.6 Å². The molecule has 1 unspecified atom stereocenters. The number of carbonyl (C=O) groups is 1. The van der Waals surface area contributed by atoms with Gasteiger partial charge in [-0.3, -0.25) is 4.79 Å². The van der Waals surface area contributed by atoms with Gasteiger partial charge in [0.15, 0.2) is 5.60 Å². The molecule has 0 bridgehead atoms. The van der Waals surface area contributed by atoms with Crippen molar-refractivity contribution in [2.45, 2.75) is 11.8 Å². The Morgan fingerprint density at radius 3 is 2.09 bits per heavy atom. The lowest BCUT2D eigenvalue weighted by molar-refractivity contribution is -0.145. The number of alkyl halides is 3. The minimum Gasteiger partial charge on any atom is -0.372 e. The molecule has 1 atom stereocenters. The lowest BCUT2D eigenvalue weighted by Crippen LogP contribution is -2.43. The Labute approximate surface area is 123 Å². The SMILES string of the molecule is NC(=O)C(O)(c1ccccc1)c1cccc(F)c1C(F)(F)F. The molecular formula is C15H11F4NO2. The smallest absolute Gasteiger partial charge is 0.372 e. The highest BCUT2D eigenvalue weighted by Gasteiger charge is 2.47. The van der Waals surface area contributed by atoms with Crippen molar-refractivity contribution in [3.05, 3.63) is 71.0 Å². The van der Waals surface area contributed by atoms with Gasteiger partial charge in [0.25, 0.3) is 5.91 Å². The molecule has 22 heavy (non-hydrogen) atoms. The largest absolute Gasteiger partial charge is 0.419 e. The maximum absolute atomic E-state index is 13.7. The molecule has 2 rings (SSSR count). The molecule has 0 aliphatic carbocycles. The van der Waals surface area contributed by atoms with Gasteiger partial charge in [0.2, 0.25) is 0 Å². The Morgan fingerprint density at radius 1 is 1.00 bits per heavy atom. The van der Waals surface area contributed by atoms with Crippen molar-refractivity contribution in [1.82, 2.24) is 0 Å². The number of halogens is 4. The molecule has 0 saturated heterocycles.